The minimum atomic E-state index is -1.96. The first kappa shape index (κ1) is 68.9. The van der Waals surface area contributed by atoms with Crippen LogP contribution in [0.3, 0.4) is 0 Å². The third kappa shape index (κ3) is 12.8. The predicted molar refractivity (Wildman–Crippen MR) is 306 cm³/mol. The Labute approximate surface area is 510 Å². The maximum Gasteiger partial charge on any atom is 0.317 e. The number of nitrogens with one attached hydrogen (secondary N) is 1. The Hall–Kier alpha value is -2.41. The number of aliphatic hydroxyl groups excluding tert-OH is 12. The Bertz CT molecular complexity index is 2390. The van der Waals surface area contributed by atoms with Gasteiger partial charge < -0.3 is 109 Å². The Morgan fingerprint density at radius 1 is 0.644 bits per heavy atom. The Morgan fingerprint density at radius 2 is 1.28 bits per heavy atom. The molecule has 0 bridgehead atoms. The summed E-state index contributed by atoms with van der Waals surface area (Å²) in [5.41, 5.74) is -2.95. The van der Waals surface area contributed by atoms with E-state index < -0.39 is 177 Å². The Balaban J connectivity index is 0.901. The minimum absolute atomic E-state index is 0.0439. The van der Waals surface area contributed by atoms with Crippen molar-refractivity contribution < 1.29 is 114 Å². The number of rotatable bonds is 22. The molecule has 4 heterocycles. The van der Waals surface area contributed by atoms with Crippen LogP contribution in [0.15, 0.2) is 11.6 Å². The van der Waals surface area contributed by atoms with Crippen molar-refractivity contribution in [2.75, 3.05) is 26.4 Å². The van der Waals surface area contributed by atoms with Gasteiger partial charge in [-0.05, 0) is 117 Å². The number of hydrogen-bond acceptors (Lipinski definition) is 23. The molecular formula is C63H103NO23. The summed E-state index contributed by atoms with van der Waals surface area (Å²) < 4.78 is 47.5. The van der Waals surface area contributed by atoms with E-state index in [-0.39, 0.29) is 47.3 Å². The van der Waals surface area contributed by atoms with Gasteiger partial charge in [0.1, 0.15) is 78.8 Å². The molecule has 0 spiro atoms. The SMILES string of the molecule is C[C@H]1O[C@@H](OC2C(O)[C@@H](NC(=O)CCCCCCCCCCO[C@@H]3O[C@@H](CO)C(O)C3O)C(CO)O[C@H]2OC(=O)[C@]23CCC(C)(C)CC2C2=CCC4C5(C)CC[C@H](O)[C@](C)(C=O)[C@@H]5CC[C@]4(C)[C@]2(C)CC3O)C(O)C(O)[C@H]1O[C@@H]1OC[C@@H](O)C(O)C1O. The summed E-state index contributed by atoms with van der Waals surface area (Å²) in [5.74, 6) is -1.80. The molecule has 9 rings (SSSR count). The van der Waals surface area contributed by atoms with E-state index in [0.29, 0.717) is 58.0 Å². The molecular weight excluding hydrogens is 1140 g/mol. The van der Waals surface area contributed by atoms with Crippen LogP contribution in [-0.4, -0.2) is 229 Å². The molecule has 13 N–H and O–H groups in total. The summed E-state index contributed by atoms with van der Waals surface area (Å²) in [4.78, 5) is 42.3. The summed E-state index contributed by atoms with van der Waals surface area (Å²) >= 11 is 0. The van der Waals surface area contributed by atoms with E-state index in [4.69, 9.17) is 37.9 Å². The van der Waals surface area contributed by atoms with Crippen LogP contribution in [0.25, 0.3) is 0 Å². The fourth-order valence-electron chi connectivity index (χ4n) is 17.7. The van der Waals surface area contributed by atoms with Crippen LogP contribution < -0.4 is 5.32 Å². The Kier molecular flexibility index (Phi) is 21.6. The number of amides is 1. The lowest BCUT2D eigenvalue weighted by Gasteiger charge is -2.71. The van der Waals surface area contributed by atoms with E-state index in [1.807, 2.05) is 6.92 Å². The first-order valence-electron chi connectivity index (χ1n) is 32.3. The molecule has 5 aliphatic carbocycles. The van der Waals surface area contributed by atoms with Gasteiger partial charge in [0, 0.05) is 13.0 Å². The number of aliphatic hydroxyl groups is 12. The topological polar surface area (TPSA) is 380 Å². The standard InChI is InChI=1S/C63H103NO23/c1-32-51(85-54-48(76)44(72)35(68)30-81-54)47(75)50(78)55(82-32)86-52-46(74)43(64-42(71)16-14-12-10-8-9-11-13-15-25-80-53-49(77)45(73)37(29-66)84-53)36(28-65)83-56(52)87-57(79)63-24-23-58(2,3)26-34(63)33-17-18-39-59(4)21-20-40(69)60(5,31-67)38(59)19-22-61(39,6)62(33,7)27-41(63)70/h17,31-32,34-41,43-56,65-66,68-70,72-78H,8-16,18-30H2,1-7H3,(H,64,71)/t32-,34?,35-,36?,37+,38-,39?,40+,41?,43+,44?,45?,46?,47?,48?,49?,50?,51+,52?,53-,54+,55+,56+,59?,60-,61+,62-,63-/m1/s1. The van der Waals surface area contributed by atoms with Gasteiger partial charge in [0.15, 0.2) is 25.0 Å². The lowest BCUT2D eigenvalue weighted by Crippen LogP contribution is -2.69. The third-order valence-electron chi connectivity index (χ3n) is 23.3. The van der Waals surface area contributed by atoms with Gasteiger partial charge in [0.2, 0.25) is 12.2 Å². The van der Waals surface area contributed by atoms with Crippen LogP contribution in [0.1, 0.15) is 164 Å². The number of allylic oxidation sites excluding steroid dienone is 2. The van der Waals surface area contributed by atoms with Crippen molar-refractivity contribution >= 4 is 18.2 Å². The van der Waals surface area contributed by atoms with Crippen LogP contribution in [0.4, 0.5) is 0 Å². The summed E-state index contributed by atoms with van der Waals surface area (Å²) in [5, 5.41) is 134. The number of esters is 1. The first-order valence-corrected chi connectivity index (χ1v) is 32.3. The molecule has 9 aliphatic rings. The number of fused-ring (bicyclic) bond motifs is 7. The van der Waals surface area contributed by atoms with Crippen LogP contribution in [0, 0.1) is 50.2 Å². The predicted octanol–water partition coefficient (Wildman–Crippen LogP) is 1.05. The van der Waals surface area contributed by atoms with Gasteiger partial charge in [-0.25, -0.2) is 0 Å². The first-order chi connectivity index (χ1) is 41.1. The van der Waals surface area contributed by atoms with Gasteiger partial charge >= 0.3 is 5.97 Å². The molecule has 28 atom stereocenters. The van der Waals surface area contributed by atoms with Crippen LogP contribution in [0.2, 0.25) is 0 Å². The van der Waals surface area contributed by atoms with Gasteiger partial charge in [-0.3, -0.25) is 9.59 Å². The molecule has 1 amide bonds. The third-order valence-corrected chi connectivity index (χ3v) is 23.3. The maximum atomic E-state index is 15.7. The molecule has 0 radical (unpaired) electrons. The zero-order chi connectivity index (χ0) is 63.3. The second-order valence-corrected chi connectivity index (χ2v) is 29.0. The van der Waals surface area contributed by atoms with Crippen LogP contribution in [-0.2, 0) is 52.3 Å². The Morgan fingerprint density at radius 3 is 1.94 bits per heavy atom. The molecule has 0 aromatic heterocycles. The molecule has 0 aromatic carbocycles. The zero-order valence-corrected chi connectivity index (χ0v) is 51.8. The van der Waals surface area contributed by atoms with E-state index >= 15 is 4.79 Å². The highest BCUT2D eigenvalue weighted by Gasteiger charge is 2.72. The highest BCUT2D eigenvalue weighted by atomic mass is 16.8. The van der Waals surface area contributed by atoms with E-state index in [1.165, 1.54) is 6.92 Å². The van der Waals surface area contributed by atoms with E-state index in [2.05, 4.69) is 46.0 Å². The van der Waals surface area contributed by atoms with Crippen LogP contribution >= 0.6 is 0 Å². The van der Waals surface area contributed by atoms with Crippen LogP contribution in [0.5, 0.6) is 0 Å². The molecule has 0 aromatic rings. The number of aldehydes is 1. The minimum Gasteiger partial charge on any atom is -0.432 e. The van der Waals surface area contributed by atoms with E-state index in [1.54, 1.807) is 0 Å². The number of carbonyl (C=O) groups excluding carboxylic acids is 3. The maximum absolute atomic E-state index is 15.7. The zero-order valence-electron chi connectivity index (χ0n) is 51.8. The smallest absolute Gasteiger partial charge is 0.317 e. The summed E-state index contributed by atoms with van der Waals surface area (Å²) in [6.07, 6.45) is -13.2. The molecule has 4 saturated heterocycles. The highest BCUT2D eigenvalue weighted by molar-refractivity contribution is 5.80. The fraction of sp³-hybridized carbons (Fsp3) is 0.921. The van der Waals surface area contributed by atoms with Crippen molar-refractivity contribution in [1.82, 2.24) is 5.32 Å². The van der Waals surface area contributed by atoms with Crippen molar-refractivity contribution in [2.45, 2.75) is 287 Å². The lowest BCUT2D eigenvalue weighted by atomic mass is 9.33. The number of hydrogen-bond donors (Lipinski definition) is 13. The van der Waals surface area contributed by atoms with Crippen molar-refractivity contribution in [3.05, 3.63) is 11.6 Å². The fourth-order valence-corrected chi connectivity index (χ4v) is 17.7. The van der Waals surface area contributed by atoms with E-state index in [9.17, 15) is 70.9 Å². The van der Waals surface area contributed by atoms with E-state index in [0.717, 1.165) is 56.8 Å². The molecule has 13 unspecified atom stereocenters. The quantitative estimate of drug-likeness (QED) is 0.0312. The average Bonchev–Trinajstić information content (AvgIpc) is 0.957. The van der Waals surface area contributed by atoms with Gasteiger partial charge in [0.05, 0.1) is 49.6 Å². The number of unbranched alkanes of at least 4 members (excludes halogenated alkanes) is 7. The summed E-state index contributed by atoms with van der Waals surface area (Å²) in [7, 11) is 0. The summed E-state index contributed by atoms with van der Waals surface area (Å²) in [6, 6.07) is -1.38. The van der Waals surface area contributed by atoms with Crippen molar-refractivity contribution in [2.24, 2.45) is 50.2 Å². The normalized spacial score (nSPS) is 48.6. The molecule has 4 aliphatic heterocycles. The average molecular weight is 1240 g/mol. The van der Waals surface area contributed by atoms with Crippen molar-refractivity contribution in [1.29, 1.82) is 0 Å². The number of ether oxygens (including phenoxy) is 8. The van der Waals surface area contributed by atoms with Gasteiger partial charge in [-0.1, -0.05) is 91.7 Å². The molecule has 24 heteroatoms. The highest BCUT2D eigenvalue weighted by Crippen LogP contribution is 2.76. The summed E-state index contributed by atoms with van der Waals surface area (Å²) in [6.45, 7) is 13.1. The molecule has 87 heavy (non-hydrogen) atoms. The second-order valence-electron chi connectivity index (χ2n) is 29.0. The molecule has 498 valence electrons. The van der Waals surface area contributed by atoms with Gasteiger partial charge in [0.25, 0.3) is 0 Å². The molecule has 4 saturated carbocycles. The number of carbonyl (C=O) groups is 3. The molecule has 24 nitrogen and oxygen atoms in total. The monoisotopic (exact) mass is 1240 g/mol. The van der Waals surface area contributed by atoms with Gasteiger partial charge in [-0.15, -0.1) is 0 Å². The molecule has 8 fully saturated rings. The second kappa shape index (κ2) is 27.3. The van der Waals surface area contributed by atoms with Crippen molar-refractivity contribution in [3.8, 4) is 0 Å². The van der Waals surface area contributed by atoms with Gasteiger partial charge in [-0.2, -0.15) is 0 Å². The lowest BCUT2D eigenvalue weighted by molar-refractivity contribution is -0.370. The largest absolute Gasteiger partial charge is 0.432 e. The van der Waals surface area contributed by atoms with Crippen molar-refractivity contribution in [3.63, 3.8) is 0 Å².